The largest absolute Gasteiger partial charge is 0.373 e. The fourth-order valence-electron chi connectivity index (χ4n) is 3.23. The van der Waals surface area contributed by atoms with E-state index in [1.807, 2.05) is 27.1 Å². The highest BCUT2D eigenvalue weighted by molar-refractivity contribution is 6.30. The Hall–Kier alpha value is -1.86. The number of nitrogens with zero attached hydrogens (tertiary/aromatic N) is 5. The average molecular weight is 350 g/mol. The van der Waals surface area contributed by atoms with E-state index in [9.17, 15) is 0 Å². The Morgan fingerprint density at radius 2 is 2.21 bits per heavy atom. The highest BCUT2D eigenvalue weighted by atomic mass is 35.5. The first kappa shape index (κ1) is 17.0. The van der Waals surface area contributed by atoms with Crippen LogP contribution in [-0.2, 0) is 13.6 Å². The van der Waals surface area contributed by atoms with Crippen LogP contribution in [0, 0.1) is 6.92 Å². The Labute approximate surface area is 147 Å². The van der Waals surface area contributed by atoms with Gasteiger partial charge in [0.25, 0.3) is 0 Å². The lowest BCUT2D eigenvalue weighted by Crippen LogP contribution is -2.38. The maximum absolute atomic E-state index is 6.29. The van der Waals surface area contributed by atoms with Crippen molar-refractivity contribution in [2.75, 3.05) is 30.4 Å². The fourth-order valence-corrected chi connectivity index (χ4v) is 3.47. The van der Waals surface area contributed by atoms with Crippen LogP contribution < -0.4 is 15.5 Å². The maximum Gasteiger partial charge on any atom is 0.134 e. The van der Waals surface area contributed by atoms with Crippen LogP contribution in [0.4, 0.5) is 11.6 Å². The lowest BCUT2D eigenvalue weighted by molar-refractivity contribution is 0.570. The average Bonchev–Trinajstić information content (AvgIpc) is 3.15. The van der Waals surface area contributed by atoms with E-state index >= 15 is 0 Å². The third-order valence-corrected chi connectivity index (χ3v) is 5.00. The van der Waals surface area contributed by atoms with Crippen molar-refractivity contribution in [2.24, 2.45) is 7.05 Å². The monoisotopic (exact) mass is 349 g/mol. The van der Waals surface area contributed by atoms with Crippen LogP contribution in [0.25, 0.3) is 0 Å². The van der Waals surface area contributed by atoms with Crippen LogP contribution in [0.5, 0.6) is 0 Å². The quantitative estimate of drug-likeness (QED) is 0.831. The third-order valence-electron chi connectivity index (χ3n) is 4.53. The van der Waals surface area contributed by atoms with Crippen LogP contribution in [0.3, 0.4) is 0 Å². The molecule has 130 valence electrons. The molecule has 0 bridgehead atoms. The topological polar surface area (TPSA) is 70.9 Å². The number of hydrogen-bond donors (Lipinski definition) is 2. The summed E-state index contributed by atoms with van der Waals surface area (Å²) >= 11 is 6.29. The molecule has 0 saturated carbocycles. The molecule has 2 aromatic rings. The van der Waals surface area contributed by atoms with Crippen molar-refractivity contribution in [1.82, 2.24) is 25.1 Å². The second-order valence-electron chi connectivity index (χ2n) is 6.11. The van der Waals surface area contributed by atoms with Gasteiger partial charge in [0.15, 0.2) is 0 Å². The van der Waals surface area contributed by atoms with Crippen LogP contribution in [0.2, 0.25) is 5.15 Å². The minimum Gasteiger partial charge on any atom is -0.373 e. The lowest BCUT2D eigenvalue weighted by Gasteiger charge is -2.26. The number of anilines is 2. The second kappa shape index (κ2) is 7.36. The van der Waals surface area contributed by atoms with Gasteiger partial charge in [-0.05, 0) is 19.8 Å². The van der Waals surface area contributed by atoms with Crippen LogP contribution in [-0.4, -0.2) is 45.9 Å². The van der Waals surface area contributed by atoms with E-state index in [2.05, 4.69) is 30.6 Å². The van der Waals surface area contributed by atoms with Gasteiger partial charge in [-0.3, -0.25) is 4.68 Å². The Morgan fingerprint density at radius 3 is 2.92 bits per heavy atom. The van der Waals surface area contributed by atoms with Crippen molar-refractivity contribution in [1.29, 1.82) is 0 Å². The molecule has 1 saturated heterocycles. The fraction of sp³-hybridized carbons (Fsp3) is 0.562. The first-order valence-corrected chi connectivity index (χ1v) is 8.63. The van der Waals surface area contributed by atoms with E-state index in [1.165, 1.54) is 6.42 Å². The number of rotatable bonds is 6. The summed E-state index contributed by atoms with van der Waals surface area (Å²) in [5, 5.41) is 11.7. The molecule has 2 N–H and O–H groups in total. The molecule has 0 unspecified atom stereocenters. The molecule has 0 radical (unpaired) electrons. The predicted molar refractivity (Wildman–Crippen MR) is 96.6 cm³/mol. The molecule has 0 aromatic carbocycles. The maximum atomic E-state index is 6.29. The van der Waals surface area contributed by atoms with Crippen LogP contribution >= 0.6 is 11.6 Å². The molecule has 0 aliphatic carbocycles. The van der Waals surface area contributed by atoms with Gasteiger partial charge in [-0.15, -0.1) is 0 Å². The molecule has 7 nitrogen and oxygen atoms in total. The Bertz CT molecular complexity index is 700. The molecular formula is C16H24ClN7. The third kappa shape index (κ3) is 3.47. The zero-order valence-corrected chi connectivity index (χ0v) is 15.1. The summed E-state index contributed by atoms with van der Waals surface area (Å²) in [5.41, 5.74) is 2.05. The molecule has 3 heterocycles. The lowest BCUT2D eigenvalue weighted by atomic mass is 10.2. The van der Waals surface area contributed by atoms with Gasteiger partial charge >= 0.3 is 0 Å². The molecule has 0 spiro atoms. The SMILES string of the molecule is CNc1cc(N2CCC[C@H]2CNCc2c(C)nn(C)c2Cl)ncn1. The Balaban J connectivity index is 1.62. The predicted octanol–water partition coefficient (Wildman–Crippen LogP) is 1.97. The van der Waals surface area contributed by atoms with Crippen molar-refractivity contribution in [3.8, 4) is 0 Å². The van der Waals surface area contributed by atoms with E-state index < -0.39 is 0 Å². The summed E-state index contributed by atoms with van der Waals surface area (Å²) in [6.07, 6.45) is 3.95. The van der Waals surface area contributed by atoms with Gasteiger partial charge < -0.3 is 15.5 Å². The Kier molecular flexibility index (Phi) is 5.20. The highest BCUT2D eigenvalue weighted by Gasteiger charge is 2.25. The summed E-state index contributed by atoms with van der Waals surface area (Å²) in [6, 6.07) is 2.43. The summed E-state index contributed by atoms with van der Waals surface area (Å²) < 4.78 is 1.72. The van der Waals surface area contributed by atoms with Crippen molar-refractivity contribution in [3.63, 3.8) is 0 Å². The molecule has 0 amide bonds. The molecule has 3 rings (SSSR count). The van der Waals surface area contributed by atoms with E-state index in [-0.39, 0.29) is 0 Å². The van der Waals surface area contributed by atoms with Crippen molar-refractivity contribution < 1.29 is 0 Å². The molecule has 8 heteroatoms. The van der Waals surface area contributed by atoms with Crippen molar-refractivity contribution in [3.05, 3.63) is 28.8 Å². The minimum atomic E-state index is 0.431. The van der Waals surface area contributed by atoms with E-state index in [0.717, 1.165) is 48.9 Å². The number of nitrogens with one attached hydrogen (secondary N) is 2. The van der Waals surface area contributed by atoms with Crippen LogP contribution in [0.15, 0.2) is 12.4 Å². The summed E-state index contributed by atoms with van der Waals surface area (Å²) in [5.74, 6) is 1.82. The summed E-state index contributed by atoms with van der Waals surface area (Å²) in [4.78, 5) is 11.0. The van der Waals surface area contributed by atoms with Gasteiger partial charge in [-0.2, -0.15) is 5.10 Å². The number of aryl methyl sites for hydroxylation is 2. The molecule has 1 aliphatic rings. The van der Waals surface area contributed by atoms with E-state index in [0.29, 0.717) is 11.2 Å². The van der Waals surface area contributed by atoms with Crippen molar-refractivity contribution >= 4 is 23.2 Å². The van der Waals surface area contributed by atoms with Gasteiger partial charge in [-0.25, -0.2) is 9.97 Å². The first-order chi connectivity index (χ1) is 11.6. The Morgan fingerprint density at radius 1 is 1.38 bits per heavy atom. The molecule has 1 fully saturated rings. The zero-order chi connectivity index (χ0) is 17.1. The second-order valence-corrected chi connectivity index (χ2v) is 6.47. The zero-order valence-electron chi connectivity index (χ0n) is 14.4. The van der Waals surface area contributed by atoms with E-state index in [4.69, 9.17) is 11.6 Å². The van der Waals surface area contributed by atoms with Gasteiger partial charge in [0.05, 0.1) is 5.69 Å². The smallest absolute Gasteiger partial charge is 0.134 e. The van der Waals surface area contributed by atoms with Gasteiger partial charge in [-0.1, -0.05) is 11.6 Å². The van der Waals surface area contributed by atoms with Gasteiger partial charge in [0.1, 0.15) is 23.1 Å². The molecular weight excluding hydrogens is 326 g/mol. The van der Waals surface area contributed by atoms with Gasteiger partial charge in [0, 0.05) is 51.4 Å². The van der Waals surface area contributed by atoms with E-state index in [1.54, 1.807) is 11.0 Å². The first-order valence-electron chi connectivity index (χ1n) is 8.25. The summed E-state index contributed by atoms with van der Waals surface area (Å²) in [7, 11) is 3.74. The van der Waals surface area contributed by atoms with Crippen LogP contribution in [0.1, 0.15) is 24.1 Å². The number of hydrogen-bond acceptors (Lipinski definition) is 6. The molecule has 1 aliphatic heterocycles. The van der Waals surface area contributed by atoms with Crippen molar-refractivity contribution in [2.45, 2.75) is 32.4 Å². The molecule has 24 heavy (non-hydrogen) atoms. The highest BCUT2D eigenvalue weighted by Crippen LogP contribution is 2.25. The normalized spacial score (nSPS) is 17.5. The number of aromatic nitrogens is 4. The summed E-state index contributed by atoms with van der Waals surface area (Å²) in [6.45, 7) is 4.64. The standard InChI is InChI=1S/C16H24ClN7/c1-11-13(16(17)23(3)22-11)9-19-8-12-5-4-6-24(12)15-7-14(18-2)20-10-21-15/h7,10,12,19H,4-6,8-9H2,1-3H3,(H,18,20,21)/t12-/m0/s1. The minimum absolute atomic E-state index is 0.431. The molecule has 2 aromatic heterocycles. The van der Waals surface area contributed by atoms with Gasteiger partial charge in [0.2, 0.25) is 0 Å². The number of halogens is 1. The molecule has 1 atom stereocenters.